The van der Waals surface area contributed by atoms with Gasteiger partial charge in [-0.15, -0.1) is 0 Å². The first-order chi connectivity index (χ1) is 4.63. The van der Waals surface area contributed by atoms with Gasteiger partial charge in [0, 0.05) is 6.04 Å². The highest BCUT2D eigenvalue weighted by Gasteiger charge is 2.17. The fourth-order valence-corrected chi connectivity index (χ4v) is 0.762. The molecule has 0 aliphatic rings. The molecule has 0 saturated heterocycles. The summed E-state index contributed by atoms with van der Waals surface area (Å²) in [4.78, 5) is 0. The fourth-order valence-electron chi connectivity index (χ4n) is 0.762. The summed E-state index contributed by atoms with van der Waals surface area (Å²) < 4.78 is 0. The van der Waals surface area contributed by atoms with Gasteiger partial charge in [0.1, 0.15) is 0 Å². The van der Waals surface area contributed by atoms with Crippen molar-refractivity contribution in [2.75, 3.05) is 13.7 Å². The van der Waals surface area contributed by atoms with E-state index in [2.05, 4.69) is 5.32 Å². The molecule has 0 aromatic carbocycles. The van der Waals surface area contributed by atoms with E-state index in [1.165, 1.54) is 0 Å². The molecule has 0 saturated carbocycles. The zero-order valence-corrected chi connectivity index (χ0v) is 6.83. The van der Waals surface area contributed by atoms with Crippen molar-refractivity contribution in [3.05, 3.63) is 0 Å². The lowest BCUT2D eigenvalue weighted by Gasteiger charge is -2.22. The Labute approximate surface area is 62.1 Å². The Morgan fingerprint density at radius 2 is 1.90 bits per heavy atom. The van der Waals surface area contributed by atoms with Crippen LogP contribution in [-0.2, 0) is 0 Å². The van der Waals surface area contributed by atoms with Crippen LogP contribution in [0.1, 0.15) is 13.8 Å². The predicted molar refractivity (Wildman–Crippen MR) is 40.8 cm³/mol. The van der Waals surface area contributed by atoms with Crippen molar-refractivity contribution in [3.63, 3.8) is 0 Å². The third kappa shape index (κ3) is 2.64. The van der Waals surface area contributed by atoms with Crippen LogP contribution in [0.5, 0.6) is 0 Å². The predicted octanol–water partition coefficient (Wildman–Crippen LogP) is -0.416. The van der Waals surface area contributed by atoms with Gasteiger partial charge in [0.15, 0.2) is 0 Å². The van der Waals surface area contributed by atoms with Gasteiger partial charge in [-0.3, -0.25) is 0 Å². The molecule has 0 aromatic heterocycles. The molecule has 10 heavy (non-hydrogen) atoms. The Hall–Kier alpha value is -0.120. The van der Waals surface area contributed by atoms with Crippen LogP contribution in [0.3, 0.4) is 0 Å². The van der Waals surface area contributed by atoms with Crippen molar-refractivity contribution in [2.45, 2.75) is 26.0 Å². The van der Waals surface area contributed by atoms with Gasteiger partial charge in [0.25, 0.3) is 0 Å². The zero-order chi connectivity index (χ0) is 8.15. The van der Waals surface area contributed by atoms with Crippen molar-refractivity contribution in [1.82, 2.24) is 5.32 Å². The molecule has 0 aliphatic carbocycles. The second-order valence-corrected chi connectivity index (χ2v) is 2.69. The summed E-state index contributed by atoms with van der Waals surface area (Å²) >= 11 is 0. The summed E-state index contributed by atoms with van der Waals surface area (Å²) in [5.74, 6) is 0.0926. The molecular weight excluding hydrogens is 130 g/mol. The van der Waals surface area contributed by atoms with Crippen molar-refractivity contribution < 1.29 is 10.2 Å². The van der Waals surface area contributed by atoms with Gasteiger partial charge in [0.2, 0.25) is 0 Å². The largest absolute Gasteiger partial charge is 0.394 e. The minimum Gasteiger partial charge on any atom is -0.394 e. The molecule has 0 amide bonds. The highest BCUT2D eigenvalue weighted by atomic mass is 16.3. The molecule has 62 valence electrons. The standard InChI is InChI=1S/C7H17NO2/c1-5(6(2)8-3)7(10)4-9/h5-10H,4H2,1-3H3/t5-,6-,7?/m1/s1. The van der Waals surface area contributed by atoms with E-state index in [1.807, 2.05) is 20.9 Å². The maximum Gasteiger partial charge on any atom is 0.0811 e. The lowest BCUT2D eigenvalue weighted by atomic mass is 9.98. The van der Waals surface area contributed by atoms with Gasteiger partial charge < -0.3 is 15.5 Å². The van der Waals surface area contributed by atoms with Gasteiger partial charge >= 0.3 is 0 Å². The number of hydrogen-bond donors (Lipinski definition) is 3. The molecule has 0 heterocycles. The Kier molecular flexibility index (Phi) is 4.60. The Morgan fingerprint density at radius 1 is 1.40 bits per heavy atom. The Morgan fingerprint density at radius 3 is 2.20 bits per heavy atom. The zero-order valence-electron chi connectivity index (χ0n) is 6.83. The number of nitrogens with one attached hydrogen (secondary N) is 1. The Balaban J connectivity index is 3.69. The quantitative estimate of drug-likeness (QED) is 0.506. The second-order valence-electron chi connectivity index (χ2n) is 2.69. The van der Waals surface area contributed by atoms with E-state index < -0.39 is 6.10 Å². The van der Waals surface area contributed by atoms with Crippen molar-refractivity contribution in [1.29, 1.82) is 0 Å². The Bertz CT molecular complexity index is 77.7. The maximum absolute atomic E-state index is 9.14. The fraction of sp³-hybridized carbons (Fsp3) is 1.00. The molecule has 3 heteroatoms. The average Bonchev–Trinajstić information content (AvgIpc) is 2.00. The first-order valence-electron chi connectivity index (χ1n) is 3.59. The van der Waals surface area contributed by atoms with E-state index in [1.54, 1.807) is 0 Å². The lowest BCUT2D eigenvalue weighted by Crippen LogP contribution is -2.37. The van der Waals surface area contributed by atoms with Gasteiger partial charge in [-0.25, -0.2) is 0 Å². The van der Waals surface area contributed by atoms with Crippen LogP contribution < -0.4 is 5.32 Å². The molecular formula is C7H17NO2. The van der Waals surface area contributed by atoms with Gasteiger partial charge in [-0.1, -0.05) is 6.92 Å². The van der Waals surface area contributed by atoms with Crippen LogP contribution in [0.4, 0.5) is 0 Å². The molecule has 0 fully saturated rings. The first-order valence-corrected chi connectivity index (χ1v) is 3.59. The van der Waals surface area contributed by atoms with Gasteiger partial charge in [-0.2, -0.15) is 0 Å². The maximum atomic E-state index is 9.14. The minimum absolute atomic E-state index is 0.0926. The van der Waals surface area contributed by atoms with Gasteiger partial charge in [0.05, 0.1) is 12.7 Å². The minimum atomic E-state index is -0.609. The molecule has 0 aromatic rings. The molecule has 3 atom stereocenters. The number of aliphatic hydroxyl groups is 2. The highest BCUT2D eigenvalue weighted by molar-refractivity contribution is 4.72. The smallest absolute Gasteiger partial charge is 0.0811 e. The summed E-state index contributed by atoms with van der Waals surface area (Å²) in [5, 5.41) is 20.7. The van der Waals surface area contributed by atoms with E-state index in [4.69, 9.17) is 10.2 Å². The summed E-state index contributed by atoms with van der Waals surface area (Å²) in [7, 11) is 1.84. The van der Waals surface area contributed by atoms with E-state index >= 15 is 0 Å². The molecule has 0 aliphatic heterocycles. The summed E-state index contributed by atoms with van der Waals surface area (Å²) in [6.45, 7) is 3.72. The van der Waals surface area contributed by atoms with Crippen molar-refractivity contribution in [3.8, 4) is 0 Å². The number of hydrogen-bond acceptors (Lipinski definition) is 3. The third-order valence-electron chi connectivity index (χ3n) is 2.04. The summed E-state index contributed by atoms with van der Waals surface area (Å²) in [5.41, 5.74) is 0. The monoisotopic (exact) mass is 147 g/mol. The number of aliphatic hydroxyl groups excluding tert-OH is 2. The summed E-state index contributed by atoms with van der Waals surface area (Å²) in [6, 6.07) is 0.238. The van der Waals surface area contributed by atoms with Crippen LogP contribution in [0.15, 0.2) is 0 Å². The first kappa shape index (κ1) is 9.88. The van der Waals surface area contributed by atoms with E-state index in [9.17, 15) is 0 Å². The molecule has 3 nitrogen and oxygen atoms in total. The molecule has 0 rings (SSSR count). The van der Waals surface area contributed by atoms with E-state index in [-0.39, 0.29) is 18.6 Å². The summed E-state index contributed by atoms with van der Waals surface area (Å²) in [6.07, 6.45) is -0.609. The number of rotatable bonds is 4. The lowest BCUT2D eigenvalue weighted by molar-refractivity contribution is 0.0423. The van der Waals surface area contributed by atoms with Crippen LogP contribution in [0.25, 0.3) is 0 Å². The third-order valence-corrected chi connectivity index (χ3v) is 2.04. The topological polar surface area (TPSA) is 52.5 Å². The normalized spacial score (nSPS) is 20.1. The molecule has 0 spiro atoms. The molecule has 0 radical (unpaired) electrons. The van der Waals surface area contributed by atoms with E-state index in [0.717, 1.165) is 0 Å². The molecule has 0 bridgehead atoms. The van der Waals surface area contributed by atoms with Crippen LogP contribution in [0.2, 0.25) is 0 Å². The van der Waals surface area contributed by atoms with Crippen LogP contribution in [-0.4, -0.2) is 36.0 Å². The SMILES string of the molecule is CN[C@H](C)[C@@H](C)C(O)CO. The van der Waals surface area contributed by atoms with Crippen molar-refractivity contribution in [2.24, 2.45) is 5.92 Å². The second kappa shape index (κ2) is 4.66. The average molecular weight is 147 g/mol. The molecule has 1 unspecified atom stereocenters. The van der Waals surface area contributed by atoms with Gasteiger partial charge in [-0.05, 0) is 19.9 Å². The highest BCUT2D eigenvalue weighted by Crippen LogP contribution is 2.06. The van der Waals surface area contributed by atoms with Crippen LogP contribution >= 0.6 is 0 Å². The van der Waals surface area contributed by atoms with Crippen LogP contribution in [0, 0.1) is 5.92 Å². The van der Waals surface area contributed by atoms with Crippen molar-refractivity contribution >= 4 is 0 Å². The molecule has 3 N–H and O–H groups in total. The van der Waals surface area contributed by atoms with E-state index in [0.29, 0.717) is 0 Å².